The number of hydrogen-bond acceptors (Lipinski definition) is 6. The highest BCUT2D eigenvalue weighted by atomic mass is 19.4. The molecular formula is C30H31F3N4O2. The van der Waals surface area contributed by atoms with Gasteiger partial charge in [-0.15, -0.1) is 0 Å². The summed E-state index contributed by atoms with van der Waals surface area (Å²) in [5.41, 5.74) is 1.33. The fourth-order valence-electron chi connectivity index (χ4n) is 5.89. The smallest absolute Gasteiger partial charge is 0.416 e. The highest BCUT2D eigenvalue weighted by molar-refractivity contribution is 6.06. The molecule has 0 spiro atoms. The van der Waals surface area contributed by atoms with Gasteiger partial charge in [-0.3, -0.25) is 4.90 Å². The number of halogens is 3. The van der Waals surface area contributed by atoms with Crippen LogP contribution < -0.4 is 0 Å². The van der Waals surface area contributed by atoms with Crippen molar-refractivity contribution in [3.05, 3.63) is 64.7 Å². The van der Waals surface area contributed by atoms with Crippen LogP contribution in [0.2, 0.25) is 0 Å². The van der Waals surface area contributed by atoms with E-state index in [1.807, 2.05) is 0 Å². The lowest BCUT2D eigenvalue weighted by atomic mass is 9.93. The van der Waals surface area contributed by atoms with Crippen molar-refractivity contribution < 1.29 is 22.7 Å². The third-order valence-electron chi connectivity index (χ3n) is 7.91. The van der Waals surface area contributed by atoms with Gasteiger partial charge in [-0.05, 0) is 82.2 Å². The summed E-state index contributed by atoms with van der Waals surface area (Å²) in [5, 5.41) is 9.93. The number of benzene rings is 2. The molecule has 0 saturated carbocycles. The molecule has 204 valence electrons. The molecule has 0 atom stereocenters. The molecule has 2 aliphatic heterocycles. The molecule has 9 heteroatoms. The van der Waals surface area contributed by atoms with Gasteiger partial charge in [0.2, 0.25) is 0 Å². The first-order chi connectivity index (χ1) is 18.8. The number of pyridine rings is 1. The van der Waals surface area contributed by atoms with Crippen molar-refractivity contribution in [1.29, 1.82) is 5.26 Å². The second-order valence-corrected chi connectivity index (χ2v) is 10.3. The number of ether oxygens (including phenoxy) is 1. The number of hydrogen-bond donors (Lipinski definition) is 0. The predicted molar refractivity (Wildman–Crippen MR) is 142 cm³/mol. The molecule has 39 heavy (non-hydrogen) atoms. The molecule has 5 rings (SSSR count). The second kappa shape index (κ2) is 11.3. The quantitative estimate of drug-likeness (QED) is 0.371. The summed E-state index contributed by atoms with van der Waals surface area (Å²) in [6, 6.07) is 12.4. The topological polar surface area (TPSA) is 69.5 Å². The number of likely N-dealkylation sites (tertiary alicyclic amines) is 2. The number of aromatic nitrogens is 1. The van der Waals surface area contributed by atoms with E-state index in [4.69, 9.17) is 9.72 Å². The van der Waals surface area contributed by atoms with E-state index in [2.05, 4.69) is 15.9 Å². The Bertz CT molecular complexity index is 1400. The Balaban J connectivity index is 1.58. The molecular weight excluding hydrogens is 505 g/mol. The average molecular weight is 537 g/mol. The van der Waals surface area contributed by atoms with Gasteiger partial charge in [-0.2, -0.15) is 18.4 Å². The van der Waals surface area contributed by atoms with Crippen LogP contribution in [0, 0.1) is 11.3 Å². The number of fused-ring (bicyclic) bond motifs is 1. The maximum absolute atomic E-state index is 13.6. The van der Waals surface area contributed by atoms with E-state index in [-0.39, 0.29) is 11.1 Å². The van der Waals surface area contributed by atoms with Gasteiger partial charge >= 0.3 is 12.1 Å². The molecule has 2 aliphatic rings. The van der Waals surface area contributed by atoms with Gasteiger partial charge in [0, 0.05) is 29.1 Å². The van der Waals surface area contributed by atoms with Gasteiger partial charge in [0.15, 0.2) is 0 Å². The zero-order chi connectivity index (χ0) is 27.6. The molecule has 0 aliphatic carbocycles. The number of alkyl halides is 3. The van der Waals surface area contributed by atoms with Gasteiger partial charge in [0.05, 0.1) is 41.1 Å². The van der Waals surface area contributed by atoms with Crippen LogP contribution in [0.5, 0.6) is 0 Å². The van der Waals surface area contributed by atoms with Crippen molar-refractivity contribution in [2.45, 2.75) is 50.9 Å². The van der Waals surface area contributed by atoms with Gasteiger partial charge in [0.25, 0.3) is 0 Å². The minimum Gasteiger partial charge on any atom is -0.465 e. The fraction of sp³-hybridized carbons (Fsp3) is 0.433. The van der Waals surface area contributed by atoms with Crippen LogP contribution in [-0.4, -0.2) is 60.1 Å². The Morgan fingerprint density at radius 3 is 2.49 bits per heavy atom. The van der Waals surface area contributed by atoms with Crippen LogP contribution in [0.3, 0.4) is 0 Å². The minimum absolute atomic E-state index is 0.241. The lowest BCUT2D eigenvalue weighted by Gasteiger charge is -2.40. The molecule has 0 amide bonds. The molecule has 3 heterocycles. The summed E-state index contributed by atoms with van der Waals surface area (Å²) in [6.07, 6.45) is 1.22. The number of piperidine rings is 2. The Hall–Kier alpha value is -3.48. The molecule has 3 aromatic rings. The van der Waals surface area contributed by atoms with Crippen molar-refractivity contribution in [3.63, 3.8) is 0 Å². The zero-order valence-electron chi connectivity index (χ0n) is 21.9. The van der Waals surface area contributed by atoms with Crippen molar-refractivity contribution in [3.8, 4) is 17.3 Å². The van der Waals surface area contributed by atoms with E-state index in [1.165, 1.54) is 32.4 Å². The zero-order valence-corrected chi connectivity index (χ0v) is 21.9. The van der Waals surface area contributed by atoms with Crippen LogP contribution >= 0.6 is 0 Å². The fourth-order valence-corrected chi connectivity index (χ4v) is 5.89. The van der Waals surface area contributed by atoms with Crippen LogP contribution in [0.4, 0.5) is 13.2 Å². The normalized spacial score (nSPS) is 17.7. The summed E-state index contributed by atoms with van der Waals surface area (Å²) < 4.78 is 46.0. The van der Waals surface area contributed by atoms with Crippen molar-refractivity contribution in [2.75, 3.05) is 33.3 Å². The largest absolute Gasteiger partial charge is 0.465 e. The minimum atomic E-state index is -4.52. The van der Waals surface area contributed by atoms with Gasteiger partial charge < -0.3 is 9.64 Å². The SMILES string of the molecule is COC(=O)c1c(CN2CCC(N3CCCCC3)CC2)c(-c2cccc(C(F)(F)F)c2)nc2ccc(C#N)cc12. The number of carbonyl (C=O) groups excluding carboxylic acids is 1. The number of esters is 1. The molecule has 0 N–H and O–H groups in total. The van der Waals surface area contributed by atoms with Crippen molar-refractivity contribution in [2.24, 2.45) is 0 Å². The van der Waals surface area contributed by atoms with E-state index in [1.54, 1.807) is 24.3 Å². The van der Waals surface area contributed by atoms with Crippen LogP contribution in [-0.2, 0) is 17.5 Å². The number of nitrogens with zero attached hydrogens (tertiary/aromatic N) is 4. The van der Waals surface area contributed by atoms with Gasteiger partial charge in [0.1, 0.15) is 0 Å². The highest BCUT2D eigenvalue weighted by Crippen LogP contribution is 2.36. The number of rotatable bonds is 5. The van der Waals surface area contributed by atoms with Crippen LogP contribution in [0.25, 0.3) is 22.2 Å². The molecule has 1 aromatic heterocycles. The Morgan fingerprint density at radius 1 is 1.08 bits per heavy atom. The summed E-state index contributed by atoms with van der Waals surface area (Å²) in [4.78, 5) is 22.8. The predicted octanol–water partition coefficient (Wildman–Crippen LogP) is 6.03. The van der Waals surface area contributed by atoms with E-state index >= 15 is 0 Å². The lowest BCUT2D eigenvalue weighted by Crippen LogP contribution is -2.46. The van der Waals surface area contributed by atoms with E-state index < -0.39 is 17.7 Å². The first-order valence-electron chi connectivity index (χ1n) is 13.4. The van der Waals surface area contributed by atoms with Crippen molar-refractivity contribution >= 4 is 16.9 Å². The van der Waals surface area contributed by atoms with Crippen LogP contribution in [0.1, 0.15) is 59.2 Å². The lowest BCUT2D eigenvalue weighted by molar-refractivity contribution is -0.137. The highest BCUT2D eigenvalue weighted by Gasteiger charge is 2.32. The first kappa shape index (κ1) is 27.1. The van der Waals surface area contributed by atoms with Gasteiger partial charge in [-0.1, -0.05) is 18.6 Å². The Labute approximate surface area is 226 Å². The summed E-state index contributed by atoms with van der Waals surface area (Å²) >= 11 is 0. The number of carbonyl (C=O) groups is 1. The third kappa shape index (κ3) is 5.77. The van der Waals surface area contributed by atoms with E-state index in [0.717, 1.165) is 51.2 Å². The molecule has 0 radical (unpaired) electrons. The molecule has 2 fully saturated rings. The second-order valence-electron chi connectivity index (χ2n) is 10.3. The molecule has 0 unspecified atom stereocenters. The summed E-state index contributed by atoms with van der Waals surface area (Å²) in [5.74, 6) is -0.607. The maximum Gasteiger partial charge on any atom is 0.416 e. The number of nitriles is 1. The maximum atomic E-state index is 13.6. The molecule has 0 bridgehead atoms. The molecule has 2 saturated heterocycles. The average Bonchev–Trinajstić information content (AvgIpc) is 2.96. The van der Waals surface area contributed by atoms with Gasteiger partial charge in [-0.25, -0.2) is 9.78 Å². The summed E-state index contributed by atoms with van der Waals surface area (Å²) in [7, 11) is 1.28. The molecule has 6 nitrogen and oxygen atoms in total. The first-order valence-corrected chi connectivity index (χ1v) is 13.4. The number of methoxy groups -OCH3 is 1. The summed E-state index contributed by atoms with van der Waals surface area (Å²) in [6.45, 7) is 4.21. The van der Waals surface area contributed by atoms with Crippen molar-refractivity contribution in [1.82, 2.24) is 14.8 Å². The Morgan fingerprint density at radius 2 is 1.82 bits per heavy atom. The Kier molecular flexibility index (Phi) is 7.87. The standard InChI is InChI=1S/C30H31F3N4O2/c1-39-29(38)27-24-16-20(18-34)8-9-26(24)35-28(21-6-5-7-22(17-21)30(31,32)33)25(27)19-36-14-10-23(11-15-36)37-12-3-2-4-13-37/h5-9,16-17,23H,2-4,10-15,19H2,1H3. The monoisotopic (exact) mass is 536 g/mol. The third-order valence-corrected chi connectivity index (χ3v) is 7.91. The molecule has 2 aromatic carbocycles. The van der Waals surface area contributed by atoms with Crippen LogP contribution in [0.15, 0.2) is 42.5 Å². The van der Waals surface area contributed by atoms with E-state index in [0.29, 0.717) is 40.3 Å². The van der Waals surface area contributed by atoms with E-state index in [9.17, 15) is 23.2 Å².